The Morgan fingerprint density at radius 3 is 2.61 bits per heavy atom. The molecule has 0 spiro atoms. The summed E-state index contributed by atoms with van der Waals surface area (Å²) >= 11 is 0. The molecule has 1 fully saturated rings. The van der Waals surface area contributed by atoms with Gasteiger partial charge in [-0.3, -0.25) is 9.78 Å². The summed E-state index contributed by atoms with van der Waals surface area (Å²) in [6, 6.07) is 4.53. The highest BCUT2D eigenvalue weighted by molar-refractivity contribution is 5.83. The summed E-state index contributed by atoms with van der Waals surface area (Å²) in [5.41, 5.74) is 0.500. The Morgan fingerprint density at radius 2 is 1.96 bits per heavy atom. The summed E-state index contributed by atoms with van der Waals surface area (Å²) in [6.07, 6.45) is 2.95. The molecule has 120 valence electrons. The van der Waals surface area contributed by atoms with E-state index in [1.807, 2.05) is 0 Å². The average Bonchev–Trinajstić information content (AvgIpc) is 3.27. The fourth-order valence-corrected chi connectivity index (χ4v) is 2.74. The topological polar surface area (TPSA) is 42.0 Å². The number of rotatable bonds is 4. The van der Waals surface area contributed by atoms with Crippen molar-refractivity contribution >= 4 is 5.91 Å². The van der Waals surface area contributed by atoms with Crippen molar-refractivity contribution in [1.29, 1.82) is 0 Å². The van der Waals surface area contributed by atoms with E-state index >= 15 is 0 Å². The van der Waals surface area contributed by atoms with Crippen molar-refractivity contribution in [1.82, 2.24) is 10.3 Å². The lowest BCUT2D eigenvalue weighted by Gasteiger charge is -2.14. The number of carbonyl (C=O) groups excluding carboxylic acids is 1. The van der Waals surface area contributed by atoms with Gasteiger partial charge in [0, 0.05) is 23.6 Å². The van der Waals surface area contributed by atoms with Crippen LogP contribution in [0.25, 0.3) is 0 Å². The Kier molecular flexibility index (Phi) is 4.07. The van der Waals surface area contributed by atoms with Crippen LogP contribution in [0.3, 0.4) is 0 Å². The van der Waals surface area contributed by atoms with E-state index in [2.05, 4.69) is 10.3 Å². The van der Waals surface area contributed by atoms with E-state index in [1.165, 1.54) is 30.5 Å². The molecule has 1 heterocycles. The van der Waals surface area contributed by atoms with Gasteiger partial charge in [0.2, 0.25) is 5.91 Å². The summed E-state index contributed by atoms with van der Waals surface area (Å²) in [7, 11) is 0. The molecule has 1 amide bonds. The Labute approximate surface area is 131 Å². The van der Waals surface area contributed by atoms with Gasteiger partial charge in [0.1, 0.15) is 17.5 Å². The molecule has 6 heteroatoms. The molecule has 0 saturated heterocycles. The highest BCUT2D eigenvalue weighted by Gasteiger charge is 2.46. The molecule has 0 radical (unpaired) electrons. The number of aromatic nitrogens is 1. The SMILES string of the molecule is C[C@H](NC(=O)[C@H]1C[C@H]1c1c(F)cccc1F)c1cncc(F)c1. The predicted molar refractivity (Wildman–Crippen MR) is 78.0 cm³/mol. The number of hydrogen-bond donors (Lipinski definition) is 1. The summed E-state index contributed by atoms with van der Waals surface area (Å²) in [5.74, 6) is -2.96. The van der Waals surface area contributed by atoms with Crippen molar-refractivity contribution in [3.05, 3.63) is 65.2 Å². The standard InChI is InChI=1S/C17H15F3N2O/c1-9(10-5-11(18)8-21-7-10)22-17(23)13-6-12(13)16-14(19)3-2-4-15(16)20/h2-5,7-9,12-13H,6H2,1H3,(H,22,23)/t9-,12+,13-/m0/s1. The average molecular weight is 320 g/mol. The lowest BCUT2D eigenvalue weighted by Crippen LogP contribution is -2.28. The van der Waals surface area contributed by atoms with Crippen LogP contribution in [-0.2, 0) is 4.79 Å². The summed E-state index contributed by atoms with van der Waals surface area (Å²) in [6.45, 7) is 1.70. The molecule has 1 aromatic heterocycles. The van der Waals surface area contributed by atoms with E-state index in [0.717, 1.165) is 6.20 Å². The molecule has 3 rings (SSSR count). The van der Waals surface area contributed by atoms with Gasteiger partial charge in [0.05, 0.1) is 12.2 Å². The molecule has 1 aliphatic rings. The number of nitrogens with zero attached hydrogens (tertiary/aromatic N) is 1. The van der Waals surface area contributed by atoms with Crippen LogP contribution < -0.4 is 5.32 Å². The lowest BCUT2D eigenvalue weighted by molar-refractivity contribution is -0.123. The molecular formula is C17H15F3N2O. The third kappa shape index (κ3) is 3.21. The fraction of sp³-hybridized carbons (Fsp3) is 0.294. The minimum absolute atomic E-state index is 0.0345. The maximum atomic E-state index is 13.7. The normalized spacial score (nSPS) is 20.9. The number of pyridine rings is 1. The van der Waals surface area contributed by atoms with Crippen LogP contribution in [0.4, 0.5) is 13.2 Å². The molecule has 2 aromatic rings. The van der Waals surface area contributed by atoms with Crippen LogP contribution in [0, 0.1) is 23.4 Å². The molecule has 1 aliphatic carbocycles. The fourth-order valence-electron chi connectivity index (χ4n) is 2.74. The Hall–Kier alpha value is -2.37. The molecule has 0 unspecified atom stereocenters. The van der Waals surface area contributed by atoms with Gasteiger partial charge in [0.25, 0.3) is 0 Å². The molecule has 0 aliphatic heterocycles. The largest absolute Gasteiger partial charge is 0.349 e. The number of carbonyl (C=O) groups is 1. The summed E-state index contributed by atoms with van der Waals surface area (Å²) in [4.78, 5) is 15.9. The van der Waals surface area contributed by atoms with E-state index in [0.29, 0.717) is 12.0 Å². The molecule has 23 heavy (non-hydrogen) atoms. The van der Waals surface area contributed by atoms with E-state index in [9.17, 15) is 18.0 Å². The minimum atomic E-state index is -0.632. The first kappa shape index (κ1) is 15.5. The van der Waals surface area contributed by atoms with Crippen molar-refractivity contribution < 1.29 is 18.0 Å². The van der Waals surface area contributed by atoms with E-state index in [-0.39, 0.29) is 11.5 Å². The number of amides is 1. The molecule has 0 bridgehead atoms. The number of benzene rings is 1. The van der Waals surface area contributed by atoms with Crippen molar-refractivity contribution in [2.45, 2.75) is 25.3 Å². The molecular weight excluding hydrogens is 305 g/mol. The van der Waals surface area contributed by atoms with Gasteiger partial charge in [-0.2, -0.15) is 0 Å². The third-order valence-electron chi connectivity index (χ3n) is 4.08. The van der Waals surface area contributed by atoms with Crippen LogP contribution in [-0.4, -0.2) is 10.9 Å². The third-order valence-corrected chi connectivity index (χ3v) is 4.08. The Bertz CT molecular complexity index is 730. The second kappa shape index (κ2) is 6.02. The molecule has 3 atom stereocenters. The zero-order valence-electron chi connectivity index (χ0n) is 12.4. The monoisotopic (exact) mass is 320 g/mol. The zero-order chi connectivity index (χ0) is 16.6. The zero-order valence-corrected chi connectivity index (χ0v) is 12.4. The van der Waals surface area contributed by atoms with Crippen molar-refractivity contribution in [3.8, 4) is 0 Å². The smallest absolute Gasteiger partial charge is 0.224 e. The Balaban J connectivity index is 1.67. The van der Waals surface area contributed by atoms with Crippen molar-refractivity contribution in [2.24, 2.45) is 5.92 Å². The van der Waals surface area contributed by atoms with Gasteiger partial charge in [0.15, 0.2) is 0 Å². The van der Waals surface area contributed by atoms with Gasteiger partial charge in [-0.15, -0.1) is 0 Å². The van der Waals surface area contributed by atoms with E-state index < -0.39 is 35.3 Å². The molecule has 3 nitrogen and oxygen atoms in total. The molecule has 1 saturated carbocycles. The van der Waals surface area contributed by atoms with E-state index in [1.54, 1.807) is 6.92 Å². The number of halogens is 3. The van der Waals surface area contributed by atoms with Gasteiger partial charge in [-0.1, -0.05) is 6.07 Å². The maximum absolute atomic E-state index is 13.7. The van der Waals surface area contributed by atoms with Crippen LogP contribution in [0.2, 0.25) is 0 Å². The highest BCUT2D eigenvalue weighted by atomic mass is 19.1. The lowest BCUT2D eigenvalue weighted by atomic mass is 10.1. The summed E-state index contributed by atoms with van der Waals surface area (Å²) < 4.78 is 40.6. The summed E-state index contributed by atoms with van der Waals surface area (Å²) in [5, 5.41) is 2.73. The second-order valence-electron chi connectivity index (χ2n) is 5.75. The van der Waals surface area contributed by atoms with E-state index in [4.69, 9.17) is 0 Å². The van der Waals surface area contributed by atoms with Gasteiger partial charge < -0.3 is 5.32 Å². The minimum Gasteiger partial charge on any atom is -0.349 e. The highest BCUT2D eigenvalue weighted by Crippen LogP contribution is 2.49. The second-order valence-corrected chi connectivity index (χ2v) is 5.75. The first-order valence-electron chi connectivity index (χ1n) is 7.32. The van der Waals surface area contributed by atoms with Gasteiger partial charge in [-0.05, 0) is 37.1 Å². The number of hydrogen-bond acceptors (Lipinski definition) is 2. The van der Waals surface area contributed by atoms with Crippen LogP contribution in [0.5, 0.6) is 0 Å². The Morgan fingerprint density at radius 1 is 1.26 bits per heavy atom. The van der Waals surface area contributed by atoms with Crippen LogP contribution in [0.15, 0.2) is 36.7 Å². The van der Waals surface area contributed by atoms with Gasteiger partial charge >= 0.3 is 0 Å². The molecule has 1 aromatic carbocycles. The number of nitrogens with one attached hydrogen (secondary N) is 1. The molecule has 1 N–H and O–H groups in total. The first-order valence-corrected chi connectivity index (χ1v) is 7.32. The van der Waals surface area contributed by atoms with Crippen molar-refractivity contribution in [3.63, 3.8) is 0 Å². The van der Waals surface area contributed by atoms with Crippen LogP contribution >= 0.6 is 0 Å². The predicted octanol–water partition coefficient (Wildman–Crippen LogP) is 3.48. The van der Waals surface area contributed by atoms with Crippen LogP contribution in [0.1, 0.15) is 36.4 Å². The van der Waals surface area contributed by atoms with Crippen molar-refractivity contribution in [2.75, 3.05) is 0 Å². The maximum Gasteiger partial charge on any atom is 0.224 e. The van der Waals surface area contributed by atoms with Gasteiger partial charge in [-0.25, -0.2) is 13.2 Å². The first-order chi connectivity index (χ1) is 11.0. The quantitative estimate of drug-likeness (QED) is 0.937.